The zero-order valence-electron chi connectivity index (χ0n) is 15.8. The normalized spacial score (nSPS) is 16.9. The summed E-state index contributed by atoms with van der Waals surface area (Å²) in [5.41, 5.74) is 2.45. The maximum absolute atomic E-state index is 12.8. The Morgan fingerprint density at radius 2 is 1.86 bits per heavy atom. The van der Waals surface area contributed by atoms with Gasteiger partial charge in [0.25, 0.3) is 5.91 Å². The molecule has 4 rings (SSSR count). The molecule has 28 heavy (non-hydrogen) atoms. The van der Waals surface area contributed by atoms with Gasteiger partial charge in [-0.15, -0.1) is 0 Å². The SMILES string of the molecule is O=C(c1cc(-c2ccccc2)on1)N1CCC[C@@H](COCc2ccccc2)C1. The Hall–Kier alpha value is -2.92. The van der Waals surface area contributed by atoms with Crippen LogP contribution in [0.1, 0.15) is 28.9 Å². The van der Waals surface area contributed by atoms with E-state index in [4.69, 9.17) is 9.26 Å². The second kappa shape index (κ2) is 8.85. The number of hydrogen-bond donors (Lipinski definition) is 0. The molecule has 5 heteroatoms. The molecule has 1 aliphatic rings. The monoisotopic (exact) mass is 376 g/mol. The molecule has 0 spiro atoms. The second-order valence-corrected chi connectivity index (χ2v) is 7.20. The van der Waals surface area contributed by atoms with Gasteiger partial charge in [-0.1, -0.05) is 65.8 Å². The summed E-state index contributed by atoms with van der Waals surface area (Å²) in [5.74, 6) is 0.893. The average molecular weight is 376 g/mol. The van der Waals surface area contributed by atoms with E-state index >= 15 is 0 Å². The molecule has 2 heterocycles. The van der Waals surface area contributed by atoms with Gasteiger partial charge in [0.15, 0.2) is 11.5 Å². The molecule has 0 bridgehead atoms. The third-order valence-electron chi connectivity index (χ3n) is 5.06. The molecule has 2 aromatic carbocycles. The number of amides is 1. The van der Waals surface area contributed by atoms with Crippen LogP contribution < -0.4 is 0 Å². The van der Waals surface area contributed by atoms with Crippen LogP contribution in [-0.4, -0.2) is 35.7 Å². The Morgan fingerprint density at radius 3 is 2.64 bits per heavy atom. The van der Waals surface area contributed by atoms with E-state index in [-0.39, 0.29) is 5.91 Å². The fourth-order valence-corrected chi connectivity index (χ4v) is 3.58. The van der Waals surface area contributed by atoms with Crippen molar-refractivity contribution in [1.82, 2.24) is 10.1 Å². The van der Waals surface area contributed by atoms with Gasteiger partial charge in [0, 0.05) is 24.7 Å². The van der Waals surface area contributed by atoms with Gasteiger partial charge in [0.2, 0.25) is 0 Å². The topological polar surface area (TPSA) is 55.6 Å². The van der Waals surface area contributed by atoms with Crippen LogP contribution >= 0.6 is 0 Å². The van der Waals surface area contributed by atoms with Crippen molar-refractivity contribution in [2.24, 2.45) is 5.92 Å². The smallest absolute Gasteiger partial charge is 0.276 e. The summed E-state index contributed by atoms with van der Waals surface area (Å²) in [4.78, 5) is 14.7. The number of rotatable bonds is 6. The minimum absolute atomic E-state index is 0.0707. The minimum atomic E-state index is -0.0707. The molecule has 3 aromatic rings. The van der Waals surface area contributed by atoms with Gasteiger partial charge in [-0.3, -0.25) is 4.79 Å². The quantitative estimate of drug-likeness (QED) is 0.639. The van der Waals surface area contributed by atoms with Gasteiger partial charge in [-0.05, 0) is 24.3 Å². The molecule has 1 amide bonds. The summed E-state index contributed by atoms with van der Waals surface area (Å²) < 4.78 is 11.3. The average Bonchev–Trinajstić information content (AvgIpc) is 3.25. The Morgan fingerprint density at radius 1 is 1.11 bits per heavy atom. The first-order chi connectivity index (χ1) is 13.8. The van der Waals surface area contributed by atoms with Crippen LogP contribution in [0.5, 0.6) is 0 Å². The van der Waals surface area contributed by atoms with E-state index in [2.05, 4.69) is 17.3 Å². The maximum atomic E-state index is 12.8. The lowest BCUT2D eigenvalue weighted by atomic mass is 9.98. The molecule has 1 aromatic heterocycles. The predicted octanol–water partition coefficient (Wildman–Crippen LogP) is 4.41. The Balaban J connectivity index is 1.32. The van der Waals surface area contributed by atoms with Gasteiger partial charge in [-0.25, -0.2) is 0 Å². The zero-order valence-corrected chi connectivity index (χ0v) is 15.8. The van der Waals surface area contributed by atoms with Crippen molar-refractivity contribution < 1.29 is 14.1 Å². The fourth-order valence-electron chi connectivity index (χ4n) is 3.58. The molecule has 1 aliphatic heterocycles. The van der Waals surface area contributed by atoms with E-state index in [0.29, 0.717) is 37.1 Å². The van der Waals surface area contributed by atoms with Gasteiger partial charge in [-0.2, -0.15) is 0 Å². The Kier molecular flexibility index (Phi) is 5.83. The number of likely N-dealkylation sites (tertiary alicyclic amines) is 1. The van der Waals surface area contributed by atoms with Crippen LogP contribution in [0.3, 0.4) is 0 Å². The summed E-state index contributed by atoms with van der Waals surface area (Å²) in [6.07, 6.45) is 2.06. The number of aromatic nitrogens is 1. The van der Waals surface area contributed by atoms with Gasteiger partial charge in [0.1, 0.15) is 0 Å². The molecule has 1 atom stereocenters. The summed E-state index contributed by atoms with van der Waals surface area (Å²) in [7, 11) is 0. The van der Waals surface area contributed by atoms with Gasteiger partial charge < -0.3 is 14.2 Å². The zero-order chi connectivity index (χ0) is 19.2. The molecule has 144 valence electrons. The molecule has 5 nitrogen and oxygen atoms in total. The number of carbonyl (C=O) groups excluding carboxylic acids is 1. The predicted molar refractivity (Wildman–Crippen MR) is 107 cm³/mol. The Bertz CT molecular complexity index is 892. The largest absolute Gasteiger partial charge is 0.376 e. The van der Waals surface area contributed by atoms with E-state index in [9.17, 15) is 4.79 Å². The van der Waals surface area contributed by atoms with Crippen molar-refractivity contribution >= 4 is 5.91 Å². The number of ether oxygens (including phenoxy) is 1. The van der Waals surface area contributed by atoms with Gasteiger partial charge >= 0.3 is 0 Å². The summed E-state index contributed by atoms with van der Waals surface area (Å²) >= 11 is 0. The lowest BCUT2D eigenvalue weighted by Gasteiger charge is -2.32. The summed E-state index contributed by atoms with van der Waals surface area (Å²) in [6.45, 7) is 2.71. The van der Waals surface area contributed by atoms with Crippen molar-refractivity contribution in [2.45, 2.75) is 19.4 Å². The first-order valence-electron chi connectivity index (χ1n) is 9.72. The number of nitrogens with zero attached hydrogens (tertiary/aromatic N) is 2. The van der Waals surface area contributed by atoms with E-state index in [1.54, 1.807) is 6.07 Å². The second-order valence-electron chi connectivity index (χ2n) is 7.20. The number of benzene rings is 2. The van der Waals surface area contributed by atoms with Crippen LogP contribution in [0.25, 0.3) is 11.3 Å². The van der Waals surface area contributed by atoms with E-state index in [0.717, 1.165) is 24.9 Å². The standard InChI is InChI=1S/C23H24N2O3/c26-23(21-14-22(28-24-21)20-11-5-2-6-12-20)25-13-7-10-19(15-25)17-27-16-18-8-3-1-4-9-18/h1-6,8-9,11-12,14,19H,7,10,13,15-17H2/t19-/m1/s1. The highest BCUT2D eigenvalue weighted by molar-refractivity contribution is 5.93. The lowest BCUT2D eigenvalue weighted by molar-refractivity contribution is 0.0420. The number of hydrogen-bond acceptors (Lipinski definition) is 4. The van der Waals surface area contributed by atoms with Crippen molar-refractivity contribution in [1.29, 1.82) is 0 Å². The number of carbonyl (C=O) groups is 1. The molecule has 0 unspecified atom stereocenters. The maximum Gasteiger partial charge on any atom is 0.276 e. The molecular formula is C23H24N2O3. The molecular weight excluding hydrogens is 352 g/mol. The highest BCUT2D eigenvalue weighted by Crippen LogP contribution is 2.23. The third kappa shape index (κ3) is 4.49. The van der Waals surface area contributed by atoms with Crippen LogP contribution in [0.15, 0.2) is 71.3 Å². The first kappa shape index (κ1) is 18.4. The summed E-state index contributed by atoms with van der Waals surface area (Å²) in [6, 6.07) is 21.6. The molecule has 0 saturated carbocycles. The number of piperidine rings is 1. The molecule has 0 aliphatic carbocycles. The molecule has 1 fully saturated rings. The lowest BCUT2D eigenvalue weighted by Crippen LogP contribution is -2.41. The highest BCUT2D eigenvalue weighted by atomic mass is 16.5. The minimum Gasteiger partial charge on any atom is -0.376 e. The van der Waals surface area contributed by atoms with Gasteiger partial charge in [0.05, 0.1) is 13.2 Å². The summed E-state index contributed by atoms with van der Waals surface area (Å²) in [5, 5.41) is 4.00. The van der Waals surface area contributed by atoms with E-state index < -0.39 is 0 Å². The van der Waals surface area contributed by atoms with Crippen molar-refractivity contribution in [3.8, 4) is 11.3 Å². The van der Waals surface area contributed by atoms with E-state index in [1.165, 1.54) is 5.56 Å². The third-order valence-corrected chi connectivity index (χ3v) is 5.06. The molecule has 1 saturated heterocycles. The van der Waals surface area contributed by atoms with Crippen LogP contribution in [0.4, 0.5) is 0 Å². The van der Waals surface area contributed by atoms with Crippen molar-refractivity contribution in [2.75, 3.05) is 19.7 Å². The van der Waals surface area contributed by atoms with Crippen molar-refractivity contribution in [3.05, 3.63) is 78.0 Å². The first-order valence-corrected chi connectivity index (χ1v) is 9.72. The van der Waals surface area contributed by atoms with Crippen LogP contribution in [-0.2, 0) is 11.3 Å². The highest BCUT2D eigenvalue weighted by Gasteiger charge is 2.26. The molecule has 0 radical (unpaired) electrons. The van der Waals surface area contributed by atoms with Crippen LogP contribution in [0.2, 0.25) is 0 Å². The Labute approximate surface area is 164 Å². The fraction of sp³-hybridized carbons (Fsp3) is 0.304. The van der Waals surface area contributed by atoms with E-state index in [1.807, 2.05) is 53.4 Å². The van der Waals surface area contributed by atoms with Crippen LogP contribution in [0, 0.1) is 5.92 Å². The van der Waals surface area contributed by atoms with Crippen molar-refractivity contribution in [3.63, 3.8) is 0 Å². The molecule has 0 N–H and O–H groups in total.